The topological polar surface area (TPSA) is 24.9 Å². The van der Waals surface area contributed by atoms with Crippen LogP contribution in [0.3, 0.4) is 0 Å². The number of aryl methyl sites for hydroxylation is 1. The fraction of sp³-hybridized carbons (Fsp3) is 0.700. The molecule has 0 aliphatic heterocycles. The standard InChI is InChI=1S/C10H15F3N2S/c1-3-7(14-2)4-5-8-6-15-9(16-8)10(11,12)13/h6-7,14H,3-5H2,1-2H3. The van der Waals surface area contributed by atoms with Gasteiger partial charge in [-0.05, 0) is 26.3 Å². The van der Waals surface area contributed by atoms with Gasteiger partial charge in [0.25, 0.3) is 0 Å². The van der Waals surface area contributed by atoms with Crippen molar-refractivity contribution in [3.63, 3.8) is 0 Å². The molecule has 1 atom stereocenters. The summed E-state index contributed by atoms with van der Waals surface area (Å²) in [4.78, 5) is 4.09. The van der Waals surface area contributed by atoms with Crippen LogP contribution in [-0.4, -0.2) is 18.1 Å². The van der Waals surface area contributed by atoms with Crippen molar-refractivity contribution in [3.8, 4) is 0 Å². The molecule has 0 saturated carbocycles. The number of alkyl halides is 3. The van der Waals surface area contributed by atoms with E-state index < -0.39 is 11.2 Å². The molecular weight excluding hydrogens is 237 g/mol. The van der Waals surface area contributed by atoms with E-state index in [1.165, 1.54) is 6.20 Å². The molecule has 0 fully saturated rings. The fourth-order valence-electron chi connectivity index (χ4n) is 1.42. The molecule has 0 aliphatic carbocycles. The van der Waals surface area contributed by atoms with Gasteiger partial charge in [-0.2, -0.15) is 13.2 Å². The van der Waals surface area contributed by atoms with Crippen LogP contribution in [0.5, 0.6) is 0 Å². The number of halogens is 3. The first kappa shape index (κ1) is 13.4. The van der Waals surface area contributed by atoms with Crippen molar-refractivity contribution in [2.45, 2.75) is 38.4 Å². The molecule has 0 saturated heterocycles. The van der Waals surface area contributed by atoms with E-state index in [1.54, 1.807) is 0 Å². The lowest BCUT2D eigenvalue weighted by Gasteiger charge is -2.11. The fourth-order valence-corrected chi connectivity index (χ4v) is 2.22. The SMILES string of the molecule is CCC(CCc1cnc(C(F)(F)F)s1)NC. The molecule has 0 spiro atoms. The highest BCUT2D eigenvalue weighted by molar-refractivity contribution is 7.11. The monoisotopic (exact) mass is 252 g/mol. The predicted molar refractivity (Wildman–Crippen MR) is 58.6 cm³/mol. The van der Waals surface area contributed by atoms with Crippen LogP contribution in [0.2, 0.25) is 0 Å². The van der Waals surface area contributed by atoms with Crippen LogP contribution in [-0.2, 0) is 12.6 Å². The maximum Gasteiger partial charge on any atom is 0.443 e. The van der Waals surface area contributed by atoms with E-state index in [9.17, 15) is 13.2 Å². The number of nitrogens with zero attached hydrogens (tertiary/aromatic N) is 1. The van der Waals surface area contributed by atoms with Crippen molar-refractivity contribution in [2.24, 2.45) is 0 Å². The zero-order valence-corrected chi connectivity index (χ0v) is 10.1. The Morgan fingerprint density at radius 3 is 2.62 bits per heavy atom. The molecule has 0 bridgehead atoms. The molecule has 16 heavy (non-hydrogen) atoms. The van der Waals surface area contributed by atoms with Crippen LogP contribution in [0, 0.1) is 0 Å². The summed E-state index contributed by atoms with van der Waals surface area (Å²) in [6, 6.07) is 0.358. The largest absolute Gasteiger partial charge is 0.443 e. The molecule has 0 amide bonds. The number of hydrogen-bond acceptors (Lipinski definition) is 3. The Balaban J connectivity index is 2.53. The molecule has 0 aliphatic rings. The first-order valence-corrected chi connectivity index (χ1v) is 5.98. The van der Waals surface area contributed by atoms with E-state index in [1.807, 2.05) is 7.05 Å². The summed E-state index contributed by atoms with van der Waals surface area (Å²) in [5.74, 6) is 0. The van der Waals surface area contributed by atoms with Gasteiger partial charge < -0.3 is 5.32 Å². The Hall–Kier alpha value is -0.620. The molecular formula is C10H15F3N2S. The van der Waals surface area contributed by atoms with Crippen molar-refractivity contribution >= 4 is 11.3 Å². The third-order valence-electron chi connectivity index (χ3n) is 2.44. The van der Waals surface area contributed by atoms with Gasteiger partial charge in [-0.1, -0.05) is 6.92 Å². The maximum atomic E-state index is 12.3. The molecule has 0 radical (unpaired) electrons. The molecule has 6 heteroatoms. The van der Waals surface area contributed by atoms with Gasteiger partial charge >= 0.3 is 6.18 Å². The second kappa shape index (κ2) is 5.63. The molecule has 2 nitrogen and oxygen atoms in total. The molecule has 1 heterocycles. The molecule has 1 rings (SSSR count). The van der Waals surface area contributed by atoms with Crippen LogP contribution < -0.4 is 5.32 Å². The molecule has 1 aromatic heterocycles. The van der Waals surface area contributed by atoms with E-state index in [4.69, 9.17) is 0 Å². The lowest BCUT2D eigenvalue weighted by Crippen LogP contribution is -2.24. The summed E-state index contributed by atoms with van der Waals surface area (Å²) >= 11 is 0.739. The van der Waals surface area contributed by atoms with Crippen molar-refractivity contribution in [2.75, 3.05) is 7.05 Å². The summed E-state index contributed by atoms with van der Waals surface area (Å²) in [7, 11) is 1.86. The zero-order chi connectivity index (χ0) is 12.2. The third-order valence-corrected chi connectivity index (χ3v) is 3.54. The van der Waals surface area contributed by atoms with E-state index in [0.717, 1.165) is 24.2 Å². The van der Waals surface area contributed by atoms with E-state index in [0.29, 0.717) is 17.3 Å². The minimum Gasteiger partial charge on any atom is -0.317 e. The van der Waals surface area contributed by atoms with Crippen molar-refractivity contribution in [3.05, 3.63) is 16.1 Å². The average Bonchev–Trinajstić information content (AvgIpc) is 2.67. The van der Waals surface area contributed by atoms with Crippen molar-refractivity contribution in [1.82, 2.24) is 10.3 Å². The number of aromatic nitrogens is 1. The van der Waals surface area contributed by atoms with Crippen LogP contribution in [0.4, 0.5) is 13.2 Å². The van der Waals surface area contributed by atoms with E-state index >= 15 is 0 Å². The maximum absolute atomic E-state index is 12.3. The van der Waals surface area contributed by atoms with Gasteiger partial charge in [-0.25, -0.2) is 4.98 Å². The molecule has 92 valence electrons. The molecule has 1 aromatic rings. The number of nitrogens with one attached hydrogen (secondary N) is 1. The number of hydrogen-bond donors (Lipinski definition) is 1. The van der Waals surface area contributed by atoms with Crippen LogP contribution in [0.25, 0.3) is 0 Å². The van der Waals surface area contributed by atoms with E-state index in [-0.39, 0.29) is 0 Å². The molecule has 1 N–H and O–H groups in total. The predicted octanol–water partition coefficient (Wildman–Crippen LogP) is 3.09. The van der Waals surface area contributed by atoms with Gasteiger partial charge in [0.05, 0.1) is 0 Å². The normalized spacial score (nSPS) is 14.1. The van der Waals surface area contributed by atoms with Gasteiger partial charge in [-0.15, -0.1) is 11.3 Å². The Labute approximate surface area is 96.9 Å². The van der Waals surface area contributed by atoms with Gasteiger partial charge in [0, 0.05) is 17.1 Å². The summed E-state index contributed by atoms with van der Waals surface area (Å²) in [5.41, 5.74) is 0. The minimum absolute atomic E-state index is 0.358. The molecule has 0 aromatic carbocycles. The Morgan fingerprint density at radius 2 is 2.19 bits per heavy atom. The number of rotatable bonds is 5. The van der Waals surface area contributed by atoms with Crippen LogP contribution in [0.15, 0.2) is 6.20 Å². The second-order valence-electron chi connectivity index (χ2n) is 3.56. The lowest BCUT2D eigenvalue weighted by molar-refractivity contribution is -0.137. The molecule has 1 unspecified atom stereocenters. The summed E-state index contributed by atoms with van der Waals surface area (Å²) < 4.78 is 36.8. The Bertz CT molecular complexity index is 318. The third kappa shape index (κ3) is 3.75. The Kier molecular flexibility index (Phi) is 4.73. The van der Waals surface area contributed by atoms with Crippen molar-refractivity contribution in [1.29, 1.82) is 0 Å². The smallest absolute Gasteiger partial charge is 0.317 e. The first-order chi connectivity index (χ1) is 7.47. The summed E-state index contributed by atoms with van der Waals surface area (Å²) in [5, 5.41) is 2.37. The van der Waals surface area contributed by atoms with Gasteiger partial charge in [-0.3, -0.25) is 0 Å². The van der Waals surface area contributed by atoms with Gasteiger partial charge in [0.2, 0.25) is 0 Å². The lowest BCUT2D eigenvalue weighted by atomic mass is 10.1. The highest BCUT2D eigenvalue weighted by atomic mass is 32.1. The highest BCUT2D eigenvalue weighted by Gasteiger charge is 2.34. The first-order valence-electron chi connectivity index (χ1n) is 5.16. The highest BCUT2D eigenvalue weighted by Crippen LogP contribution is 2.32. The van der Waals surface area contributed by atoms with Crippen LogP contribution in [0.1, 0.15) is 29.7 Å². The minimum atomic E-state index is -4.31. The summed E-state index contributed by atoms with van der Waals surface area (Å²) in [6.45, 7) is 2.05. The number of thiazole rings is 1. The summed E-state index contributed by atoms with van der Waals surface area (Å²) in [6.07, 6.45) is -0.521. The van der Waals surface area contributed by atoms with Crippen LogP contribution >= 0.6 is 11.3 Å². The quantitative estimate of drug-likeness (QED) is 0.871. The zero-order valence-electron chi connectivity index (χ0n) is 9.27. The van der Waals surface area contributed by atoms with E-state index in [2.05, 4.69) is 17.2 Å². The van der Waals surface area contributed by atoms with Gasteiger partial charge in [0.15, 0.2) is 5.01 Å². The average molecular weight is 252 g/mol. The Morgan fingerprint density at radius 1 is 1.50 bits per heavy atom. The second-order valence-corrected chi connectivity index (χ2v) is 4.68. The van der Waals surface area contributed by atoms with Crippen molar-refractivity contribution < 1.29 is 13.2 Å². The van der Waals surface area contributed by atoms with Gasteiger partial charge in [0.1, 0.15) is 0 Å².